The van der Waals surface area contributed by atoms with Crippen LogP contribution in [-0.4, -0.2) is 121 Å². The number of piperidine rings is 1. The highest BCUT2D eigenvalue weighted by Gasteiger charge is 2.45. The van der Waals surface area contributed by atoms with Crippen molar-refractivity contribution in [1.82, 2.24) is 20.0 Å². The first-order chi connectivity index (χ1) is 28.8. The number of rotatable bonds is 8. The number of carbonyl (C=O) groups is 5. The number of carbonyl (C=O) groups excluding carboxylic acids is 5. The molecule has 4 heterocycles. The third-order valence-corrected chi connectivity index (χ3v) is 11.8. The Hall–Kier alpha value is -6.03. The molecular weight excluding hydrogens is 817 g/mol. The van der Waals surface area contributed by atoms with Gasteiger partial charge in [0.05, 0.1) is 39.4 Å². The van der Waals surface area contributed by atoms with Crippen LogP contribution in [-0.2, 0) is 15.8 Å². The molecule has 1 unspecified atom stereocenters. The molecule has 61 heavy (non-hydrogen) atoms. The summed E-state index contributed by atoms with van der Waals surface area (Å²) in [6.07, 6.45) is -2.90. The molecule has 0 saturated carbocycles. The molecule has 3 aromatic rings. The maximum Gasteiger partial charge on any atom is 0.417 e. The highest BCUT2D eigenvalue weighted by Crippen LogP contribution is 2.36. The number of halogens is 4. The van der Waals surface area contributed by atoms with E-state index in [4.69, 9.17) is 17.5 Å². The maximum absolute atomic E-state index is 14.2. The van der Waals surface area contributed by atoms with Gasteiger partial charge >= 0.3 is 6.18 Å². The third kappa shape index (κ3) is 9.04. The third-order valence-electron chi connectivity index (χ3n) is 11.3. The monoisotopic (exact) mass is 860 g/mol. The molecule has 13 nitrogen and oxygen atoms in total. The average molecular weight is 861 g/mol. The van der Waals surface area contributed by atoms with Gasteiger partial charge in [0.2, 0.25) is 5.91 Å². The summed E-state index contributed by atoms with van der Waals surface area (Å²) in [6.45, 7) is 13.0. The molecule has 7 rings (SSSR count). The van der Waals surface area contributed by atoms with E-state index in [1.807, 2.05) is 12.1 Å². The van der Waals surface area contributed by atoms with E-state index in [1.165, 1.54) is 55.0 Å². The number of hydrogen-bond donors (Lipinski definition) is 1. The number of thiocarbonyl (C=S) groups is 1. The second-order valence-corrected chi connectivity index (χ2v) is 16.2. The van der Waals surface area contributed by atoms with Crippen LogP contribution in [0.1, 0.15) is 68.9 Å². The van der Waals surface area contributed by atoms with Crippen LogP contribution in [0.2, 0.25) is 0 Å². The van der Waals surface area contributed by atoms with Gasteiger partial charge in [-0.2, -0.15) is 18.4 Å². The fraction of sp³-hybridized carbons (Fsp3) is 0.372. The van der Waals surface area contributed by atoms with Crippen molar-refractivity contribution in [3.8, 4) is 6.07 Å². The second-order valence-electron chi connectivity index (χ2n) is 15.9. The topological polar surface area (TPSA) is 141 Å². The van der Waals surface area contributed by atoms with E-state index >= 15 is 0 Å². The number of nitrogens with zero attached hydrogens (tertiary/aromatic N) is 7. The van der Waals surface area contributed by atoms with E-state index in [-0.39, 0.29) is 39.8 Å². The lowest BCUT2D eigenvalue weighted by Gasteiger charge is -2.48. The minimum atomic E-state index is -4.76. The summed E-state index contributed by atoms with van der Waals surface area (Å²) in [6, 6.07) is 13.4. The van der Waals surface area contributed by atoms with Gasteiger partial charge in [0, 0.05) is 75.1 Å². The molecule has 0 aliphatic carbocycles. The molecule has 320 valence electrons. The number of benzene rings is 3. The number of imide groups is 1. The molecule has 3 saturated heterocycles. The number of allylic oxidation sites excluding steroid dienone is 1. The number of alkyl halides is 3. The van der Waals surface area contributed by atoms with Gasteiger partial charge in [-0.25, -0.2) is 4.39 Å². The number of anilines is 3. The molecule has 1 atom stereocenters. The molecule has 0 radical (unpaired) electrons. The zero-order valence-corrected chi connectivity index (χ0v) is 34.8. The fourth-order valence-corrected chi connectivity index (χ4v) is 8.09. The van der Waals surface area contributed by atoms with E-state index in [1.54, 1.807) is 6.07 Å². The Kier molecular flexibility index (Phi) is 12.8. The summed E-state index contributed by atoms with van der Waals surface area (Å²) in [5.74, 6) is -1.94. The van der Waals surface area contributed by atoms with E-state index in [2.05, 4.69) is 33.6 Å². The molecule has 4 aliphatic heterocycles. The van der Waals surface area contributed by atoms with Gasteiger partial charge in [-0.05, 0) is 101 Å². The lowest BCUT2D eigenvalue weighted by molar-refractivity contribution is -0.137. The van der Waals surface area contributed by atoms with Gasteiger partial charge in [-0.1, -0.05) is 6.58 Å². The van der Waals surface area contributed by atoms with Crippen molar-refractivity contribution in [2.45, 2.75) is 50.5 Å². The summed E-state index contributed by atoms with van der Waals surface area (Å²) >= 11 is 5.43. The predicted octanol–water partition coefficient (Wildman–Crippen LogP) is 5.24. The van der Waals surface area contributed by atoms with Crippen molar-refractivity contribution in [2.75, 3.05) is 68.1 Å². The molecule has 0 spiro atoms. The van der Waals surface area contributed by atoms with Crippen LogP contribution in [0.15, 0.2) is 66.9 Å². The zero-order valence-electron chi connectivity index (χ0n) is 34.0. The summed E-state index contributed by atoms with van der Waals surface area (Å²) in [5.41, 5.74) is -0.679. The summed E-state index contributed by atoms with van der Waals surface area (Å²) in [4.78, 5) is 71.6. The lowest BCUT2D eigenvalue weighted by Crippen LogP contribution is -2.63. The number of nitrogens with one attached hydrogen (secondary N) is 1. The highest BCUT2D eigenvalue weighted by molar-refractivity contribution is 7.80. The lowest BCUT2D eigenvalue weighted by atomic mass is 10.0. The molecule has 1 N–H and O–H groups in total. The number of aldehydes is 2. The number of nitriles is 1. The quantitative estimate of drug-likeness (QED) is 0.137. The Bertz CT molecular complexity index is 2340. The smallest absolute Gasteiger partial charge is 0.368 e. The van der Waals surface area contributed by atoms with Crippen molar-refractivity contribution in [3.05, 3.63) is 101 Å². The molecular formula is C43H44F4N8O5S. The Morgan fingerprint density at radius 2 is 1.61 bits per heavy atom. The van der Waals surface area contributed by atoms with Crippen molar-refractivity contribution in [1.29, 1.82) is 5.26 Å². The largest absolute Gasteiger partial charge is 0.417 e. The van der Waals surface area contributed by atoms with Crippen LogP contribution < -0.4 is 20.0 Å². The molecule has 0 aromatic heterocycles. The van der Waals surface area contributed by atoms with Gasteiger partial charge < -0.3 is 29.7 Å². The molecule has 18 heteroatoms. The number of hydrogen-bond acceptors (Lipinski definition) is 10. The first-order valence-electron chi connectivity index (χ1n) is 19.4. The molecule has 0 bridgehead atoms. The van der Waals surface area contributed by atoms with E-state index < -0.39 is 34.7 Å². The first kappa shape index (κ1) is 44.5. The van der Waals surface area contributed by atoms with Crippen molar-refractivity contribution >= 4 is 64.7 Å². The molecule has 3 amide bonds. The summed E-state index contributed by atoms with van der Waals surface area (Å²) in [7, 11) is 3.54. The molecule has 4 aliphatic rings. The normalized spacial score (nSPS) is 18.6. The Labute approximate surface area is 355 Å². The number of fused-ring (bicyclic) bond motifs is 1. The van der Waals surface area contributed by atoms with Gasteiger partial charge in [-0.15, -0.1) is 0 Å². The average Bonchev–Trinajstić information content (AvgIpc) is 3.45. The van der Waals surface area contributed by atoms with Crippen molar-refractivity contribution in [2.24, 2.45) is 0 Å². The van der Waals surface area contributed by atoms with E-state index in [9.17, 15) is 41.5 Å². The standard InChI is InChI=1S/C22H27N5O3.C21H17F4N3O2S/c1-14-3-6-19(20(28)23-14)27-21(29)17-5-4-15(11-18(17)22(27)30)26-12-16(13-26)25-9-7-24(2)8-10-25;1-20(2,12-30)28(16-7-5-14(11-29)18(22)9-16)19(31)27(3)15-6-4-13(10-26)17(8-15)21(23,24)25/h4-5,11,16,19H,1,3,6-10,12-13H2,2H3,(H,23,28);4-9,11-12H,1-3H3. The minimum Gasteiger partial charge on any atom is -0.368 e. The van der Waals surface area contributed by atoms with Crippen LogP contribution in [0.4, 0.5) is 34.6 Å². The zero-order chi connectivity index (χ0) is 44.6. The summed E-state index contributed by atoms with van der Waals surface area (Å²) in [5, 5.41) is 11.5. The van der Waals surface area contributed by atoms with Crippen molar-refractivity contribution < 1.29 is 41.5 Å². The SMILES string of the molecule is C=C1CCC(N2C(=O)c3ccc(N4CC(N5CCN(C)CC5)C4)cc3C2=O)C(=O)N1.CN(C(=S)N(c1ccc(C=O)c(F)c1)C(C)(C)C=O)c1ccc(C#N)c(C(F)(F)F)c1. The molecule has 3 fully saturated rings. The fourth-order valence-electron chi connectivity index (χ4n) is 7.65. The van der Waals surface area contributed by atoms with Crippen molar-refractivity contribution in [3.63, 3.8) is 0 Å². The van der Waals surface area contributed by atoms with Crippen LogP contribution >= 0.6 is 12.2 Å². The maximum atomic E-state index is 14.2. The van der Waals surface area contributed by atoms with Gasteiger partial charge in [-0.3, -0.25) is 29.0 Å². The Balaban J connectivity index is 0.000000204. The minimum absolute atomic E-state index is 0.00741. The highest BCUT2D eigenvalue weighted by atomic mass is 32.1. The number of piperazine rings is 1. The van der Waals surface area contributed by atoms with Gasteiger partial charge in [0.1, 0.15) is 18.1 Å². The Morgan fingerprint density at radius 1 is 0.951 bits per heavy atom. The van der Waals surface area contributed by atoms with Crippen LogP contribution in [0.25, 0.3) is 0 Å². The van der Waals surface area contributed by atoms with Crippen LogP contribution in [0.3, 0.4) is 0 Å². The van der Waals surface area contributed by atoms with Gasteiger partial charge in [0.25, 0.3) is 11.8 Å². The second kappa shape index (κ2) is 17.5. The molecule has 3 aromatic carbocycles. The number of likely N-dealkylation sites (N-methyl/N-ethyl adjacent to an activating group) is 1. The van der Waals surface area contributed by atoms with Crippen LogP contribution in [0, 0.1) is 17.1 Å². The number of amides is 3. The summed E-state index contributed by atoms with van der Waals surface area (Å²) < 4.78 is 54.2. The van der Waals surface area contributed by atoms with Crippen LogP contribution in [0.5, 0.6) is 0 Å². The van der Waals surface area contributed by atoms with E-state index in [0.29, 0.717) is 48.3 Å². The first-order valence-corrected chi connectivity index (χ1v) is 19.8. The van der Waals surface area contributed by atoms with Gasteiger partial charge in [0.15, 0.2) is 11.4 Å². The predicted molar refractivity (Wildman–Crippen MR) is 224 cm³/mol. The van der Waals surface area contributed by atoms with E-state index in [0.717, 1.165) is 68.1 Å². The Morgan fingerprint density at radius 3 is 2.20 bits per heavy atom.